The maximum Gasteiger partial charge on any atom is 0.238 e. The number of hydrogen-bond donors (Lipinski definition) is 2. The van der Waals surface area contributed by atoms with E-state index < -0.39 is 0 Å². The van der Waals surface area contributed by atoms with Crippen LogP contribution in [-0.4, -0.2) is 46.1 Å². The number of carbonyl (C=O) groups is 2. The molecule has 2 N–H and O–H groups in total. The standard InChI is InChI=1S/C21H29N5O2/c1-15-11-16(2)26(24-15)13-18-7-9-25(10-8-18)14-21(28)23-20-6-4-5-19(12-20)22-17(3)27/h4-6,11-12,18H,7-10,13-14H2,1-3H3,(H,22,27)(H,23,28). The number of anilines is 2. The van der Waals surface area contributed by atoms with Crippen LogP contribution in [0.5, 0.6) is 0 Å². The van der Waals surface area contributed by atoms with E-state index in [1.165, 1.54) is 12.6 Å². The Balaban J connectivity index is 1.45. The van der Waals surface area contributed by atoms with Gasteiger partial charge < -0.3 is 10.6 Å². The Morgan fingerprint density at radius 1 is 1.11 bits per heavy atom. The minimum absolute atomic E-state index is 0.0306. The zero-order valence-corrected chi connectivity index (χ0v) is 16.9. The first-order chi connectivity index (χ1) is 13.4. The van der Waals surface area contributed by atoms with Gasteiger partial charge in [-0.3, -0.25) is 19.2 Å². The first-order valence-electron chi connectivity index (χ1n) is 9.80. The quantitative estimate of drug-likeness (QED) is 0.804. The van der Waals surface area contributed by atoms with Crippen LogP contribution in [0, 0.1) is 19.8 Å². The predicted octanol–water partition coefficient (Wildman–Crippen LogP) is 2.81. The summed E-state index contributed by atoms with van der Waals surface area (Å²) in [7, 11) is 0. The van der Waals surface area contributed by atoms with Crippen LogP contribution in [0.2, 0.25) is 0 Å². The molecular weight excluding hydrogens is 354 g/mol. The normalized spacial score (nSPS) is 15.4. The summed E-state index contributed by atoms with van der Waals surface area (Å²) in [5.74, 6) is 0.440. The summed E-state index contributed by atoms with van der Waals surface area (Å²) < 4.78 is 2.10. The number of aromatic nitrogens is 2. The average molecular weight is 383 g/mol. The summed E-state index contributed by atoms with van der Waals surface area (Å²) in [4.78, 5) is 25.7. The summed E-state index contributed by atoms with van der Waals surface area (Å²) in [6.07, 6.45) is 2.15. The third-order valence-corrected chi connectivity index (χ3v) is 5.08. The summed E-state index contributed by atoms with van der Waals surface area (Å²) in [6.45, 7) is 8.76. The number of benzene rings is 1. The number of likely N-dealkylation sites (tertiary alicyclic amines) is 1. The summed E-state index contributed by atoms with van der Waals surface area (Å²) in [5.41, 5.74) is 3.64. The number of nitrogens with one attached hydrogen (secondary N) is 2. The second kappa shape index (κ2) is 9.01. The minimum Gasteiger partial charge on any atom is -0.326 e. The highest BCUT2D eigenvalue weighted by Crippen LogP contribution is 2.20. The fourth-order valence-corrected chi connectivity index (χ4v) is 3.71. The Kier molecular flexibility index (Phi) is 6.46. The SMILES string of the molecule is CC(=O)Nc1cccc(NC(=O)CN2CCC(Cn3nc(C)cc3C)CC2)c1. The largest absolute Gasteiger partial charge is 0.326 e. The van der Waals surface area contributed by atoms with Gasteiger partial charge in [0.15, 0.2) is 0 Å². The van der Waals surface area contributed by atoms with Crippen molar-refractivity contribution in [1.29, 1.82) is 0 Å². The smallest absolute Gasteiger partial charge is 0.238 e. The van der Waals surface area contributed by atoms with Gasteiger partial charge in [-0.1, -0.05) is 6.07 Å². The van der Waals surface area contributed by atoms with E-state index in [9.17, 15) is 9.59 Å². The molecule has 7 nitrogen and oxygen atoms in total. The molecule has 2 heterocycles. The number of hydrogen-bond acceptors (Lipinski definition) is 4. The number of carbonyl (C=O) groups excluding carboxylic acids is 2. The number of aryl methyl sites for hydroxylation is 2. The first-order valence-corrected chi connectivity index (χ1v) is 9.80. The van der Waals surface area contributed by atoms with E-state index in [1.807, 2.05) is 19.1 Å². The molecule has 3 rings (SSSR count). The number of piperidine rings is 1. The monoisotopic (exact) mass is 383 g/mol. The zero-order valence-electron chi connectivity index (χ0n) is 16.9. The van der Waals surface area contributed by atoms with Crippen LogP contribution in [0.15, 0.2) is 30.3 Å². The predicted molar refractivity (Wildman–Crippen MR) is 110 cm³/mol. The van der Waals surface area contributed by atoms with E-state index in [2.05, 4.69) is 38.3 Å². The Bertz CT molecular complexity index is 837. The summed E-state index contributed by atoms with van der Waals surface area (Å²) in [6, 6.07) is 9.31. The molecule has 1 saturated heterocycles. The molecule has 0 aliphatic carbocycles. The van der Waals surface area contributed by atoms with Crippen molar-refractivity contribution in [1.82, 2.24) is 14.7 Å². The molecule has 150 valence electrons. The maximum atomic E-state index is 12.4. The van der Waals surface area contributed by atoms with Crippen molar-refractivity contribution in [2.24, 2.45) is 5.92 Å². The summed E-state index contributed by atoms with van der Waals surface area (Å²) in [5, 5.41) is 10.2. The summed E-state index contributed by atoms with van der Waals surface area (Å²) >= 11 is 0. The van der Waals surface area contributed by atoms with E-state index >= 15 is 0 Å². The van der Waals surface area contributed by atoms with Crippen LogP contribution in [0.4, 0.5) is 11.4 Å². The molecule has 28 heavy (non-hydrogen) atoms. The second-order valence-corrected chi connectivity index (χ2v) is 7.64. The number of rotatable bonds is 6. The third kappa shape index (κ3) is 5.66. The second-order valence-electron chi connectivity index (χ2n) is 7.64. The van der Waals surface area contributed by atoms with E-state index in [1.54, 1.807) is 12.1 Å². The van der Waals surface area contributed by atoms with E-state index in [0.29, 0.717) is 23.8 Å². The minimum atomic E-state index is -0.133. The lowest BCUT2D eigenvalue weighted by molar-refractivity contribution is -0.117. The maximum absolute atomic E-state index is 12.4. The molecule has 2 amide bonds. The van der Waals surface area contributed by atoms with Crippen molar-refractivity contribution in [3.63, 3.8) is 0 Å². The molecule has 0 saturated carbocycles. The van der Waals surface area contributed by atoms with Gasteiger partial charge in [0.2, 0.25) is 11.8 Å². The molecule has 0 radical (unpaired) electrons. The van der Waals surface area contributed by atoms with Gasteiger partial charge in [-0.25, -0.2) is 0 Å². The fraction of sp³-hybridized carbons (Fsp3) is 0.476. The van der Waals surface area contributed by atoms with Crippen molar-refractivity contribution in [3.05, 3.63) is 41.7 Å². The molecule has 1 fully saturated rings. The lowest BCUT2D eigenvalue weighted by Crippen LogP contribution is -2.40. The van der Waals surface area contributed by atoms with Crippen molar-refractivity contribution in [2.45, 2.75) is 40.2 Å². The molecule has 0 atom stereocenters. The molecule has 1 aliphatic heterocycles. The van der Waals surface area contributed by atoms with Crippen molar-refractivity contribution < 1.29 is 9.59 Å². The molecule has 2 aromatic rings. The Hall–Kier alpha value is -2.67. The highest BCUT2D eigenvalue weighted by molar-refractivity contribution is 5.94. The molecular formula is C21H29N5O2. The lowest BCUT2D eigenvalue weighted by Gasteiger charge is -2.31. The van der Waals surface area contributed by atoms with Crippen molar-refractivity contribution in [3.8, 4) is 0 Å². The van der Waals surface area contributed by atoms with Gasteiger partial charge in [0.1, 0.15) is 0 Å². The van der Waals surface area contributed by atoms with Gasteiger partial charge in [0.25, 0.3) is 0 Å². The topological polar surface area (TPSA) is 79.3 Å². The van der Waals surface area contributed by atoms with Gasteiger partial charge in [0, 0.05) is 30.5 Å². The van der Waals surface area contributed by atoms with Gasteiger partial charge in [0.05, 0.1) is 12.2 Å². The van der Waals surface area contributed by atoms with Crippen molar-refractivity contribution in [2.75, 3.05) is 30.3 Å². The Morgan fingerprint density at radius 2 is 1.79 bits per heavy atom. The van der Waals surface area contributed by atoms with Gasteiger partial charge in [-0.15, -0.1) is 0 Å². The molecule has 7 heteroatoms. The highest BCUT2D eigenvalue weighted by Gasteiger charge is 2.22. The van der Waals surface area contributed by atoms with Crippen molar-refractivity contribution >= 4 is 23.2 Å². The zero-order chi connectivity index (χ0) is 20.1. The van der Waals surface area contributed by atoms with Crippen LogP contribution in [0.25, 0.3) is 0 Å². The lowest BCUT2D eigenvalue weighted by atomic mass is 9.97. The third-order valence-electron chi connectivity index (χ3n) is 5.08. The first kappa shape index (κ1) is 20.1. The number of amides is 2. The molecule has 1 aromatic carbocycles. The Labute approximate surface area is 166 Å². The fourth-order valence-electron chi connectivity index (χ4n) is 3.71. The highest BCUT2D eigenvalue weighted by atomic mass is 16.2. The van der Waals surface area contributed by atoms with Crippen LogP contribution in [-0.2, 0) is 16.1 Å². The van der Waals surface area contributed by atoms with Crippen LogP contribution >= 0.6 is 0 Å². The molecule has 0 unspecified atom stereocenters. The average Bonchev–Trinajstić information content (AvgIpc) is 2.93. The van der Waals surface area contributed by atoms with Crippen LogP contribution < -0.4 is 10.6 Å². The number of nitrogens with zero attached hydrogens (tertiary/aromatic N) is 3. The van der Waals surface area contributed by atoms with Gasteiger partial charge >= 0.3 is 0 Å². The van der Waals surface area contributed by atoms with Crippen LogP contribution in [0.3, 0.4) is 0 Å². The van der Waals surface area contributed by atoms with E-state index in [0.717, 1.165) is 38.2 Å². The molecule has 0 spiro atoms. The van der Waals surface area contributed by atoms with Crippen LogP contribution in [0.1, 0.15) is 31.2 Å². The molecule has 1 aromatic heterocycles. The van der Waals surface area contributed by atoms with E-state index in [-0.39, 0.29) is 11.8 Å². The molecule has 0 bridgehead atoms. The van der Waals surface area contributed by atoms with E-state index in [4.69, 9.17) is 0 Å². The molecule has 1 aliphatic rings. The Morgan fingerprint density at radius 3 is 2.39 bits per heavy atom. The van der Waals surface area contributed by atoms with Gasteiger partial charge in [-0.2, -0.15) is 5.10 Å². The van der Waals surface area contributed by atoms with Gasteiger partial charge in [-0.05, 0) is 70.0 Å².